The number of hydrogen-bond donors (Lipinski definition) is 0. The quantitative estimate of drug-likeness (QED) is 0.156. The Bertz CT molecular complexity index is 2900. The Balaban J connectivity index is 1.04. The zero-order valence-corrected chi connectivity index (χ0v) is 31.2. The summed E-state index contributed by atoms with van der Waals surface area (Å²) in [5.41, 5.74) is 13.4. The van der Waals surface area contributed by atoms with Crippen molar-refractivity contribution in [1.29, 1.82) is 0 Å². The van der Waals surface area contributed by atoms with E-state index in [1.54, 1.807) is 0 Å². The highest BCUT2D eigenvalue weighted by atomic mass is 16.3. The molecular weight excluding hydrogens is 697 g/mol. The predicted octanol–water partition coefficient (Wildman–Crippen LogP) is 13.9. The molecule has 10 rings (SSSR count). The molecule has 8 aromatic carbocycles. The number of para-hydroxylation sites is 2. The minimum absolute atomic E-state index is 0.589. The summed E-state index contributed by atoms with van der Waals surface area (Å²) in [7, 11) is 0. The Morgan fingerprint density at radius 2 is 0.737 bits per heavy atom. The fourth-order valence-electron chi connectivity index (χ4n) is 7.65. The van der Waals surface area contributed by atoms with Crippen LogP contribution in [0.5, 0.6) is 0 Å². The molecule has 10 aromatic rings. The van der Waals surface area contributed by atoms with Crippen molar-refractivity contribution < 1.29 is 4.42 Å². The van der Waals surface area contributed by atoms with Crippen LogP contribution in [0.15, 0.2) is 205 Å². The first kappa shape index (κ1) is 33.9. The fourth-order valence-corrected chi connectivity index (χ4v) is 7.65. The summed E-state index contributed by atoms with van der Waals surface area (Å²) in [4.78, 5) is 16.6. The fraction of sp³-hybridized carbons (Fsp3) is 0.0192. The molecule has 270 valence electrons. The van der Waals surface area contributed by atoms with E-state index in [0.29, 0.717) is 17.5 Å². The average molecular weight is 733 g/mol. The van der Waals surface area contributed by atoms with Crippen LogP contribution in [0.3, 0.4) is 0 Å². The molecule has 0 N–H and O–H groups in total. The Kier molecular flexibility index (Phi) is 8.65. The topological polar surface area (TPSA) is 55.1 Å². The van der Waals surface area contributed by atoms with Crippen LogP contribution in [-0.2, 0) is 0 Å². The van der Waals surface area contributed by atoms with Crippen molar-refractivity contribution in [2.75, 3.05) is 4.90 Å². The summed E-state index contributed by atoms with van der Waals surface area (Å²) < 4.78 is 6.81. The molecule has 0 radical (unpaired) electrons. The Morgan fingerprint density at radius 3 is 1.25 bits per heavy atom. The zero-order valence-electron chi connectivity index (χ0n) is 31.2. The lowest BCUT2D eigenvalue weighted by molar-refractivity contribution is 0.670. The molecule has 0 saturated heterocycles. The van der Waals surface area contributed by atoms with Gasteiger partial charge in [-0.05, 0) is 77.2 Å². The van der Waals surface area contributed by atoms with Gasteiger partial charge in [0.25, 0.3) is 0 Å². The van der Waals surface area contributed by atoms with Crippen molar-refractivity contribution in [3.8, 4) is 56.2 Å². The van der Waals surface area contributed by atoms with Gasteiger partial charge in [0.2, 0.25) is 0 Å². The Hall–Kier alpha value is -7.63. The van der Waals surface area contributed by atoms with Crippen LogP contribution in [0.4, 0.5) is 17.1 Å². The van der Waals surface area contributed by atoms with E-state index in [2.05, 4.69) is 155 Å². The molecule has 0 aliphatic carbocycles. The number of benzene rings is 8. The average Bonchev–Trinajstić information content (AvgIpc) is 3.67. The largest absolute Gasteiger partial charge is 0.455 e. The van der Waals surface area contributed by atoms with Gasteiger partial charge in [0, 0.05) is 39.0 Å². The number of hydrogen-bond acceptors (Lipinski definition) is 5. The first-order valence-corrected chi connectivity index (χ1v) is 19.1. The van der Waals surface area contributed by atoms with Gasteiger partial charge in [-0.25, -0.2) is 15.0 Å². The second kappa shape index (κ2) is 14.5. The van der Waals surface area contributed by atoms with Crippen molar-refractivity contribution in [3.05, 3.63) is 206 Å². The predicted molar refractivity (Wildman–Crippen MR) is 234 cm³/mol. The number of nitrogens with zero attached hydrogens (tertiary/aromatic N) is 4. The van der Waals surface area contributed by atoms with Crippen molar-refractivity contribution in [3.63, 3.8) is 0 Å². The lowest BCUT2D eigenvalue weighted by Gasteiger charge is -2.26. The van der Waals surface area contributed by atoms with Crippen molar-refractivity contribution >= 4 is 39.0 Å². The summed E-state index contributed by atoms with van der Waals surface area (Å²) in [6.07, 6.45) is 0. The molecule has 0 atom stereocenters. The SMILES string of the molecule is Cc1nc(-c2ccccc2)nc(-c2cccc3c2oc2c(-c4ccc(N(c5ccc(-c6ccccc6)cc5)c5ccc(-c6ccccc6)cc5)cc4)cccc23)n1. The number of rotatable bonds is 8. The zero-order chi connectivity index (χ0) is 38.1. The molecule has 0 aliphatic rings. The van der Waals surface area contributed by atoms with E-state index < -0.39 is 0 Å². The van der Waals surface area contributed by atoms with Crippen LogP contribution in [0.1, 0.15) is 5.82 Å². The van der Waals surface area contributed by atoms with E-state index in [1.807, 2.05) is 61.5 Å². The molecule has 2 heterocycles. The van der Waals surface area contributed by atoms with Crippen LogP contribution in [0.2, 0.25) is 0 Å². The summed E-state index contributed by atoms with van der Waals surface area (Å²) in [5.74, 6) is 1.88. The monoisotopic (exact) mass is 732 g/mol. The summed E-state index contributed by atoms with van der Waals surface area (Å²) in [6, 6.07) is 69.8. The molecule has 0 fully saturated rings. The maximum Gasteiger partial charge on any atom is 0.167 e. The maximum absolute atomic E-state index is 6.81. The molecule has 0 spiro atoms. The van der Waals surface area contributed by atoms with Crippen molar-refractivity contribution in [1.82, 2.24) is 15.0 Å². The smallest absolute Gasteiger partial charge is 0.167 e. The number of aromatic nitrogens is 3. The van der Waals surface area contributed by atoms with Gasteiger partial charge in [-0.3, -0.25) is 0 Å². The number of aryl methyl sites for hydroxylation is 1. The third-order valence-corrected chi connectivity index (χ3v) is 10.4. The molecule has 0 saturated carbocycles. The van der Waals surface area contributed by atoms with Crippen LogP contribution in [0.25, 0.3) is 78.1 Å². The lowest BCUT2D eigenvalue weighted by Crippen LogP contribution is -2.09. The molecular formula is C52H36N4O. The van der Waals surface area contributed by atoms with Gasteiger partial charge in [0.15, 0.2) is 11.6 Å². The second-order valence-corrected chi connectivity index (χ2v) is 14.1. The third-order valence-electron chi connectivity index (χ3n) is 10.4. The highest BCUT2D eigenvalue weighted by Gasteiger charge is 2.19. The van der Waals surface area contributed by atoms with E-state index in [0.717, 1.165) is 61.3 Å². The van der Waals surface area contributed by atoms with E-state index in [-0.39, 0.29) is 0 Å². The van der Waals surface area contributed by atoms with Crippen LogP contribution in [0, 0.1) is 6.92 Å². The second-order valence-electron chi connectivity index (χ2n) is 14.1. The van der Waals surface area contributed by atoms with Gasteiger partial charge in [-0.2, -0.15) is 0 Å². The highest BCUT2D eigenvalue weighted by molar-refractivity contribution is 6.12. The van der Waals surface area contributed by atoms with E-state index >= 15 is 0 Å². The molecule has 2 aromatic heterocycles. The lowest BCUT2D eigenvalue weighted by atomic mass is 10.0. The molecule has 5 heteroatoms. The Labute approximate surface area is 331 Å². The van der Waals surface area contributed by atoms with Crippen molar-refractivity contribution in [2.24, 2.45) is 0 Å². The van der Waals surface area contributed by atoms with Crippen LogP contribution in [-0.4, -0.2) is 15.0 Å². The summed E-state index contributed by atoms with van der Waals surface area (Å²) in [5, 5.41) is 2.06. The maximum atomic E-state index is 6.81. The molecule has 57 heavy (non-hydrogen) atoms. The van der Waals surface area contributed by atoms with E-state index in [9.17, 15) is 0 Å². The minimum atomic E-state index is 0.589. The van der Waals surface area contributed by atoms with Crippen LogP contribution >= 0.6 is 0 Å². The van der Waals surface area contributed by atoms with E-state index in [1.165, 1.54) is 22.3 Å². The number of fused-ring (bicyclic) bond motifs is 3. The summed E-state index contributed by atoms with van der Waals surface area (Å²) in [6.45, 7) is 1.90. The van der Waals surface area contributed by atoms with E-state index in [4.69, 9.17) is 14.4 Å². The summed E-state index contributed by atoms with van der Waals surface area (Å²) >= 11 is 0. The van der Waals surface area contributed by atoms with Gasteiger partial charge >= 0.3 is 0 Å². The first-order chi connectivity index (χ1) is 28.2. The van der Waals surface area contributed by atoms with Gasteiger partial charge in [0.05, 0.1) is 5.56 Å². The number of anilines is 3. The molecule has 0 aliphatic heterocycles. The standard InChI is InChI=1S/C52H36N4O/c1-35-53-51(41-17-9-4-10-18-41)55-52(54-35)48-22-12-21-47-46-20-11-19-45(49(46)57-50(47)48)40-27-33-44(34-28-40)56(42-29-23-38(24-30-42)36-13-5-2-6-14-36)43-31-25-39(26-32-43)37-15-7-3-8-16-37/h2-34H,1H3. The minimum Gasteiger partial charge on any atom is -0.455 e. The van der Waals surface area contributed by atoms with Gasteiger partial charge in [-0.1, -0.05) is 158 Å². The van der Waals surface area contributed by atoms with Gasteiger partial charge in [0.1, 0.15) is 17.0 Å². The molecule has 0 unspecified atom stereocenters. The van der Waals surface area contributed by atoms with Gasteiger partial charge in [-0.15, -0.1) is 0 Å². The molecule has 0 amide bonds. The van der Waals surface area contributed by atoms with Gasteiger partial charge < -0.3 is 9.32 Å². The number of furan rings is 1. The van der Waals surface area contributed by atoms with Crippen LogP contribution < -0.4 is 4.90 Å². The Morgan fingerprint density at radius 1 is 0.333 bits per heavy atom. The van der Waals surface area contributed by atoms with Crippen molar-refractivity contribution in [2.45, 2.75) is 6.92 Å². The molecule has 5 nitrogen and oxygen atoms in total. The normalized spacial score (nSPS) is 11.2. The first-order valence-electron chi connectivity index (χ1n) is 19.1. The third kappa shape index (κ3) is 6.51. The molecule has 0 bridgehead atoms. The highest BCUT2D eigenvalue weighted by Crippen LogP contribution is 2.41.